The van der Waals surface area contributed by atoms with Crippen molar-refractivity contribution >= 4 is 5.91 Å². The summed E-state index contributed by atoms with van der Waals surface area (Å²) >= 11 is 0. The normalized spacial score (nSPS) is 26.6. The second-order valence-corrected chi connectivity index (χ2v) is 5.82. The van der Waals surface area contributed by atoms with E-state index in [1.165, 1.54) is 36.1 Å². The van der Waals surface area contributed by atoms with E-state index in [0.717, 1.165) is 19.4 Å². The lowest BCUT2D eigenvalue weighted by Crippen LogP contribution is -2.23. The number of nitrogens with two attached hydrogens (primary N) is 1. The van der Waals surface area contributed by atoms with Crippen LogP contribution in [0.4, 0.5) is 0 Å². The van der Waals surface area contributed by atoms with E-state index in [4.69, 9.17) is 5.73 Å². The van der Waals surface area contributed by atoms with E-state index in [0.29, 0.717) is 6.04 Å². The summed E-state index contributed by atoms with van der Waals surface area (Å²) in [4.78, 5) is 13.9. The summed E-state index contributed by atoms with van der Waals surface area (Å²) in [6.45, 7) is 4.56. The smallest absolute Gasteiger partial charge is 0.221 e. The molecule has 2 N–H and O–H groups in total. The van der Waals surface area contributed by atoms with Crippen molar-refractivity contribution in [3.05, 3.63) is 34.9 Å². The van der Waals surface area contributed by atoms with Crippen molar-refractivity contribution in [2.24, 2.45) is 11.7 Å². The Morgan fingerprint density at radius 1 is 1.37 bits per heavy atom. The quantitative estimate of drug-likeness (QED) is 0.902. The van der Waals surface area contributed by atoms with Crippen LogP contribution in [0.2, 0.25) is 0 Å². The van der Waals surface area contributed by atoms with Crippen LogP contribution in [0.25, 0.3) is 0 Å². The fraction of sp³-hybridized carbons (Fsp3) is 0.562. The zero-order valence-electron chi connectivity index (χ0n) is 11.6. The van der Waals surface area contributed by atoms with Crippen LogP contribution in [0, 0.1) is 5.92 Å². The molecular weight excluding hydrogens is 236 g/mol. The molecule has 3 rings (SSSR count). The highest BCUT2D eigenvalue weighted by molar-refractivity contribution is 5.78. The maximum Gasteiger partial charge on any atom is 0.221 e. The van der Waals surface area contributed by atoms with E-state index in [2.05, 4.69) is 30.0 Å². The van der Waals surface area contributed by atoms with Crippen molar-refractivity contribution in [1.29, 1.82) is 0 Å². The van der Waals surface area contributed by atoms with Crippen LogP contribution in [0.5, 0.6) is 0 Å². The Morgan fingerprint density at radius 2 is 2.16 bits per heavy atom. The minimum atomic E-state index is -0.159. The Morgan fingerprint density at radius 3 is 2.89 bits per heavy atom. The van der Waals surface area contributed by atoms with Crippen LogP contribution in [-0.2, 0) is 17.6 Å². The summed E-state index contributed by atoms with van der Waals surface area (Å²) in [5, 5.41) is 0. The van der Waals surface area contributed by atoms with Gasteiger partial charge >= 0.3 is 0 Å². The van der Waals surface area contributed by atoms with Crippen LogP contribution in [0.1, 0.15) is 42.5 Å². The number of benzene rings is 1. The maximum absolute atomic E-state index is 11.3. The molecule has 1 aliphatic carbocycles. The first-order chi connectivity index (χ1) is 9.19. The van der Waals surface area contributed by atoms with Gasteiger partial charge in [0.05, 0.1) is 0 Å². The molecule has 3 heteroatoms. The van der Waals surface area contributed by atoms with Gasteiger partial charge in [-0.1, -0.05) is 25.1 Å². The number of hydrogen-bond acceptors (Lipinski definition) is 2. The molecule has 102 valence electrons. The largest absolute Gasteiger partial charge is 0.369 e. The lowest BCUT2D eigenvalue weighted by atomic mass is 9.99. The molecule has 1 aromatic carbocycles. The van der Waals surface area contributed by atoms with Crippen LogP contribution in [0.3, 0.4) is 0 Å². The zero-order chi connectivity index (χ0) is 13.4. The Balaban J connectivity index is 1.84. The van der Waals surface area contributed by atoms with E-state index in [1.807, 2.05) is 0 Å². The average molecular weight is 258 g/mol. The highest BCUT2D eigenvalue weighted by Gasteiger charge is 2.29. The number of rotatable bonds is 3. The van der Waals surface area contributed by atoms with E-state index >= 15 is 0 Å². The fourth-order valence-electron chi connectivity index (χ4n) is 3.63. The van der Waals surface area contributed by atoms with Gasteiger partial charge in [-0.2, -0.15) is 0 Å². The number of likely N-dealkylation sites (tertiary alicyclic amines) is 1. The third kappa shape index (κ3) is 2.27. The molecule has 1 aliphatic heterocycles. The lowest BCUT2D eigenvalue weighted by Gasteiger charge is -2.23. The first-order valence-corrected chi connectivity index (χ1v) is 7.34. The molecule has 2 aliphatic rings. The molecule has 1 aromatic rings. The minimum absolute atomic E-state index is 0.0103. The van der Waals surface area contributed by atoms with Crippen LogP contribution >= 0.6 is 0 Å². The van der Waals surface area contributed by atoms with Crippen molar-refractivity contribution < 1.29 is 4.79 Å². The van der Waals surface area contributed by atoms with Gasteiger partial charge in [0.15, 0.2) is 0 Å². The van der Waals surface area contributed by atoms with Gasteiger partial charge in [-0.25, -0.2) is 0 Å². The third-order valence-corrected chi connectivity index (χ3v) is 4.72. The Kier molecular flexibility index (Phi) is 3.31. The molecule has 1 saturated heterocycles. The number of amides is 1. The van der Waals surface area contributed by atoms with Crippen LogP contribution in [0.15, 0.2) is 18.2 Å². The van der Waals surface area contributed by atoms with Gasteiger partial charge in [-0.15, -0.1) is 0 Å². The first kappa shape index (κ1) is 12.7. The van der Waals surface area contributed by atoms with Crippen molar-refractivity contribution in [1.82, 2.24) is 4.90 Å². The SMILES string of the molecule is CCN1CCC[C@@H]1c1ccc2c(c1)CC(C(N)=O)C2. The lowest BCUT2D eigenvalue weighted by molar-refractivity contribution is -0.121. The first-order valence-electron chi connectivity index (χ1n) is 7.34. The second kappa shape index (κ2) is 4.97. The van der Waals surface area contributed by atoms with Crippen molar-refractivity contribution in [3.63, 3.8) is 0 Å². The second-order valence-electron chi connectivity index (χ2n) is 5.82. The van der Waals surface area contributed by atoms with Crippen molar-refractivity contribution in [3.8, 4) is 0 Å². The molecule has 2 atom stereocenters. The van der Waals surface area contributed by atoms with Crippen molar-refractivity contribution in [2.45, 2.75) is 38.6 Å². The number of primary amides is 1. The molecule has 19 heavy (non-hydrogen) atoms. The predicted octanol–water partition coefficient (Wildman–Crippen LogP) is 2.04. The van der Waals surface area contributed by atoms with E-state index in [-0.39, 0.29) is 11.8 Å². The molecule has 1 fully saturated rings. The molecule has 1 heterocycles. The Hall–Kier alpha value is -1.35. The van der Waals surface area contributed by atoms with Gasteiger partial charge in [-0.05, 0) is 55.5 Å². The molecule has 0 saturated carbocycles. The van der Waals surface area contributed by atoms with Gasteiger partial charge in [-0.3, -0.25) is 9.69 Å². The summed E-state index contributed by atoms with van der Waals surface area (Å²) in [5.74, 6) is -0.148. The monoisotopic (exact) mass is 258 g/mol. The summed E-state index contributed by atoms with van der Waals surface area (Å²) in [6, 6.07) is 7.35. The fourth-order valence-corrected chi connectivity index (χ4v) is 3.63. The Bertz CT molecular complexity index is 498. The van der Waals surface area contributed by atoms with Crippen LogP contribution < -0.4 is 5.73 Å². The summed E-state index contributed by atoms with van der Waals surface area (Å²) < 4.78 is 0. The molecular formula is C16H22N2O. The van der Waals surface area contributed by atoms with Gasteiger partial charge < -0.3 is 5.73 Å². The molecule has 0 bridgehead atoms. The predicted molar refractivity (Wildman–Crippen MR) is 75.8 cm³/mol. The standard InChI is InChI=1S/C16H22N2O/c1-2-18-7-3-4-15(18)12-6-5-11-8-14(16(17)19)10-13(11)9-12/h5-6,9,14-15H,2-4,7-8,10H2,1H3,(H2,17,19)/t14?,15-/m1/s1. The van der Waals surface area contributed by atoms with Gasteiger partial charge in [0.2, 0.25) is 5.91 Å². The van der Waals surface area contributed by atoms with E-state index < -0.39 is 0 Å². The summed E-state index contributed by atoms with van der Waals surface area (Å²) in [5.41, 5.74) is 9.50. The van der Waals surface area contributed by atoms with Gasteiger partial charge in [0.25, 0.3) is 0 Å². The van der Waals surface area contributed by atoms with Gasteiger partial charge in [0.1, 0.15) is 0 Å². The number of fused-ring (bicyclic) bond motifs is 1. The molecule has 1 amide bonds. The number of carbonyl (C=O) groups excluding carboxylic acids is 1. The summed E-state index contributed by atoms with van der Waals surface area (Å²) in [6.07, 6.45) is 4.20. The average Bonchev–Trinajstić information content (AvgIpc) is 3.03. The molecule has 0 aromatic heterocycles. The van der Waals surface area contributed by atoms with Crippen molar-refractivity contribution in [2.75, 3.05) is 13.1 Å². The maximum atomic E-state index is 11.3. The molecule has 1 unspecified atom stereocenters. The van der Waals surface area contributed by atoms with Gasteiger partial charge in [0, 0.05) is 12.0 Å². The van der Waals surface area contributed by atoms with E-state index in [1.54, 1.807) is 0 Å². The molecule has 0 spiro atoms. The third-order valence-electron chi connectivity index (χ3n) is 4.72. The summed E-state index contributed by atoms with van der Waals surface area (Å²) in [7, 11) is 0. The molecule has 3 nitrogen and oxygen atoms in total. The number of carbonyl (C=O) groups is 1. The minimum Gasteiger partial charge on any atom is -0.369 e. The highest BCUT2D eigenvalue weighted by Crippen LogP contribution is 2.35. The number of nitrogens with zero attached hydrogens (tertiary/aromatic N) is 1. The Labute approximate surface area is 114 Å². The zero-order valence-corrected chi connectivity index (χ0v) is 11.6. The molecule has 0 radical (unpaired) electrons. The number of hydrogen-bond donors (Lipinski definition) is 1. The highest BCUT2D eigenvalue weighted by atomic mass is 16.1. The topological polar surface area (TPSA) is 46.3 Å². The van der Waals surface area contributed by atoms with Crippen LogP contribution in [-0.4, -0.2) is 23.9 Å². The van der Waals surface area contributed by atoms with E-state index in [9.17, 15) is 4.79 Å².